The maximum absolute atomic E-state index is 12.7. The molecule has 7 heteroatoms. The van der Waals surface area contributed by atoms with E-state index in [0.717, 1.165) is 24.3 Å². The molecule has 0 saturated carbocycles. The van der Waals surface area contributed by atoms with Crippen molar-refractivity contribution in [1.82, 2.24) is 0 Å². The quantitative estimate of drug-likeness (QED) is 0.530. The third kappa shape index (κ3) is 4.97. The molecule has 1 unspecified atom stereocenters. The van der Waals surface area contributed by atoms with Crippen LogP contribution in [0.25, 0.3) is 0 Å². The van der Waals surface area contributed by atoms with E-state index in [9.17, 15) is 14.4 Å². The van der Waals surface area contributed by atoms with Crippen molar-refractivity contribution in [2.45, 2.75) is 26.2 Å². The first-order valence-electron chi connectivity index (χ1n) is 10.0. The highest BCUT2D eigenvalue weighted by atomic mass is 16.5. The number of unbranched alkanes of at least 4 members (excludes halogenated alkanes) is 1. The minimum absolute atomic E-state index is 0.112. The second-order valence-electron chi connectivity index (χ2n) is 7.13. The first-order valence-corrected chi connectivity index (χ1v) is 10.0. The molecule has 1 aliphatic rings. The number of carbonyl (C=O) groups excluding carboxylic acids is 3. The van der Waals surface area contributed by atoms with Crippen molar-refractivity contribution >= 4 is 29.2 Å². The van der Waals surface area contributed by atoms with Crippen LogP contribution in [0.4, 0.5) is 11.4 Å². The highest BCUT2D eigenvalue weighted by Crippen LogP contribution is 2.28. The lowest BCUT2D eigenvalue weighted by Gasteiger charge is -2.17. The molecule has 1 aliphatic heterocycles. The molecule has 2 aromatic rings. The average molecular weight is 410 g/mol. The van der Waals surface area contributed by atoms with E-state index in [2.05, 4.69) is 12.2 Å². The smallest absolute Gasteiger partial charge is 0.339 e. The minimum atomic E-state index is -0.531. The van der Waals surface area contributed by atoms with E-state index in [1.807, 2.05) is 24.3 Å². The number of benzene rings is 2. The predicted molar refractivity (Wildman–Crippen MR) is 114 cm³/mol. The van der Waals surface area contributed by atoms with E-state index in [1.165, 1.54) is 7.11 Å². The second kappa shape index (κ2) is 9.91. The molecule has 0 aliphatic carbocycles. The van der Waals surface area contributed by atoms with E-state index in [4.69, 9.17) is 9.47 Å². The fourth-order valence-electron chi connectivity index (χ4n) is 3.30. The normalized spacial score (nSPS) is 15.7. The molecule has 1 N–H and O–H groups in total. The number of carbonyl (C=O) groups is 3. The Kier molecular flexibility index (Phi) is 7.06. The van der Waals surface area contributed by atoms with E-state index < -0.39 is 11.9 Å². The summed E-state index contributed by atoms with van der Waals surface area (Å²) in [5.74, 6) is -0.703. The molecule has 3 rings (SSSR count). The summed E-state index contributed by atoms with van der Waals surface area (Å²) in [6.45, 7) is 3.04. The number of nitrogens with zero attached hydrogens (tertiary/aromatic N) is 1. The van der Waals surface area contributed by atoms with Gasteiger partial charge in [0.25, 0.3) is 0 Å². The maximum Gasteiger partial charge on any atom is 0.339 e. The third-order valence-electron chi connectivity index (χ3n) is 5.00. The SMILES string of the molecule is CCCCOc1ccc(N2CC(C(=O)Nc3ccccc3C(=O)OC)CC2=O)cc1. The van der Waals surface area contributed by atoms with Gasteiger partial charge in [-0.2, -0.15) is 0 Å². The van der Waals surface area contributed by atoms with E-state index in [-0.39, 0.29) is 30.3 Å². The molecule has 0 radical (unpaired) electrons. The average Bonchev–Trinajstić information content (AvgIpc) is 3.16. The molecule has 0 bridgehead atoms. The van der Waals surface area contributed by atoms with Crippen LogP contribution in [-0.4, -0.2) is 38.0 Å². The Morgan fingerprint density at radius 3 is 2.57 bits per heavy atom. The molecule has 1 heterocycles. The Morgan fingerprint density at radius 2 is 1.87 bits per heavy atom. The number of anilines is 2. The summed E-state index contributed by atoms with van der Waals surface area (Å²) in [5.41, 5.74) is 1.37. The number of rotatable bonds is 8. The highest BCUT2D eigenvalue weighted by molar-refractivity contribution is 6.06. The van der Waals surface area contributed by atoms with Crippen LogP contribution in [0, 0.1) is 5.92 Å². The molecular formula is C23H26N2O5. The van der Waals surface area contributed by atoms with Crippen molar-refractivity contribution in [2.24, 2.45) is 5.92 Å². The standard InChI is InChI=1S/C23H26N2O5/c1-3-4-13-30-18-11-9-17(10-12-18)25-15-16(14-21(25)26)22(27)24-20-8-6-5-7-19(20)23(28)29-2/h5-12,16H,3-4,13-15H2,1-2H3,(H,24,27). The zero-order valence-corrected chi connectivity index (χ0v) is 17.2. The second-order valence-corrected chi connectivity index (χ2v) is 7.13. The summed E-state index contributed by atoms with van der Waals surface area (Å²) < 4.78 is 10.4. The summed E-state index contributed by atoms with van der Waals surface area (Å²) in [5, 5.41) is 2.76. The first-order chi connectivity index (χ1) is 14.5. The van der Waals surface area contributed by atoms with Gasteiger partial charge in [-0.3, -0.25) is 9.59 Å². The zero-order valence-electron chi connectivity index (χ0n) is 17.2. The van der Waals surface area contributed by atoms with Gasteiger partial charge < -0.3 is 19.7 Å². The van der Waals surface area contributed by atoms with Gasteiger partial charge in [0.15, 0.2) is 0 Å². The molecule has 1 atom stereocenters. The largest absolute Gasteiger partial charge is 0.494 e. The molecule has 0 spiro atoms. The number of para-hydroxylation sites is 1. The van der Waals surface area contributed by atoms with Crippen LogP contribution in [0.2, 0.25) is 0 Å². The van der Waals surface area contributed by atoms with Crippen molar-refractivity contribution in [3.8, 4) is 5.75 Å². The summed E-state index contributed by atoms with van der Waals surface area (Å²) in [6.07, 6.45) is 2.16. The lowest BCUT2D eigenvalue weighted by Crippen LogP contribution is -2.28. The molecule has 0 aromatic heterocycles. The van der Waals surface area contributed by atoms with Crippen molar-refractivity contribution in [1.29, 1.82) is 0 Å². The minimum Gasteiger partial charge on any atom is -0.494 e. The molecule has 7 nitrogen and oxygen atoms in total. The maximum atomic E-state index is 12.7. The number of ether oxygens (including phenoxy) is 2. The molecular weight excluding hydrogens is 384 g/mol. The van der Waals surface area contributed by atoms with Gasteiger partial charge in [-0.25, -0.2) is 4.79 Å². The number of amides is 2. The van der Waals surface area contributed by atoms with Gasteiger partial charge in [-0.15, -0.1) is 0 Å². The predicted octanol–water partition coefficient (Wildman–Crippen LogP) is 3.64. The van der Waals surface area contributed by atoms with Crippen LogP contribution in [0.5, 0.6) is 5.75 Å². The molecule has 1 fully saturated rings. The Labute approximate surface area is 176 Å². The van der Waals surface area contributed by atoms with Gasteiger partial charge in [0, 0.05) is 18.7 Å². The highest BCUT2D eigenvalue weighted by Gasteiger charge is 2.35. The Hall–Kier alpha value is -3.35. The fraction of sp³-hybridized carbons (Fsp3) is 0.348. The van der Waals surface area contributed by atoms with Crippen LogP contribution in [-0.2, 0) is 14.3 Å². The van der Waals surface area contributed by atoms with Crippen LogP contribution in [0.15, 0.2) is 48.5 Å². The molecule has 2 aromatic carbocycles. The van der Waals surface area contributed by atoms with Crippen LogP contribution in [0.1, 0.15) is 36.5 Å². The van der Waals surface area contributed by atoms with Crippen molar-refractivity contribution < 1.29 is 23.9 Å². The number of nitrogens with one attached hydrogen (secondary N) is 1. The Balaban J connectivity index is 1.64. The van der Waals surface area contributed by atoms with Gasteiger partial charge in [-0.1, -0.05) is 25.5 Å². The number of methoxy groups -OCH3 is 1. The van der Waals surface area contributed by atoms with Crippen LogP contribution >= 0.6 is 0 Å². The summed E-state index contributed by atoms with van der Waals surface area (Å²) in [4.78, 5) is 38.7. The molecule has 2 amide bonds. The molecule has 30 heavy (non-hydrogen) atoms. The van der Waals surface area contributed by atoms with E-state index in [1.54, 1.807) is 29.2 Å². The van der Waals surface area contributed by atoms with Crippen LogP contribution in [0.3, 0.4) is 0 Å². The number of esters is 1. The van der Waals surface area contributed by atoms with Crippen molar-refractivity contribution in [3.63, 3.8) is 0 Å². The monoisotopic (exact) mass is 410 g/mol. The Bertz CT molecular complexity index is 910. The van der Waals surface area contributed by atoms with Crippen molar-refractivity contribution in [3.05, 3.63) is 54.1 Å². The fourth-order valence-corrected chi connectivity index (χ4v) is 3.30. The van der Waals surface area contributed by atoms with E-state index in [0.29, 0.717) is 12.3 Å². The van der Waals surface area contributed by atoms with Gasteiger partial charge in [0.05, 0.1) is 30.9 Å². The topological polar surface area (TPSA) is 84.9 Å². The molecule has 158 valence electrons. The third-order valence-corrected chi connectivity index (χ3v) is 5.00. The number of hydrogen-bond acceptors (Lipinski definition) is 5. The summed E-state index contributed by atoms with van der Waals surface area (Å²) in [6, 6.07) is 13.9. The summed E-state index contributed by atoms with van der Waals surface area (Å²) in [7, 11) is 1.29. The van der Waals surface area contributed by atoms with E-state index >= 15 is 0 Å². The Morgan fingerprint density at radius 1 is 1.13 bits per heavy atom. The van der Waals surface area contributed by atoms with Crippen molar-refractivity contribution in [2.75, 3.05) is 30.5 Å². The zero-order chi connectivity index (χ0) is 21.5. The lowest BCUT2D eigenvalue weighted by molar-refractivity contribution is -0.122. The lowest BCUT2D eigenvalue weighted by atomic mass is 10.1. The molecule has 1 saturated heterocycles. The number of hydrogen-bond donors (Lipinski definition) is 1. The summed E-state index contributed by atoms with van der Waals surface area (Å²) >= 11 is 0. The van der Waals surface area contributed by atoms with Crippen LogP contribution < -0.4 is 15.0 Å². The van der Waals surface area contributed by atoms with Gasteiger partial charge >= 0.3 is 5.97 Å². The van der Waals surface area contributed by atoms with Gasteiger partial charge in [0.1, 0.15) is 5.75 Å². The van der Waals surface area contributed by atoms with Gasteiger partial charge in [-0.05, 0) is 42.8 Å². The first kappa shape index (κ1) is 21.4. The van der Waals surface area contributed by atoms with Gasteiger partial charge in [0.2, 0.25) is 11.8 Å².